The van der Waals surface area contributed by atoms with Gasteiger partial charge in [-0.15, -0.1) is 0 Å². The van der Waals surface area contributed by atoms with Gasteiger partial charge in [-0.2, -0.15) is 0 Å². The molecule has 94 valence electrons. The predicted octanol–water partition coefficient (Wildman–Crippen LogP) is 1.15. The maximum absolute atomic E-state index is 5.54. The van der Waals surface area contributed by atoms with Gasteiger partial charge in [0, 0.05) is 25.7 Å². The monoisotopic (exact) mass is 234 g/mol. The summed E-state index contributed by atoms with van der Waals surface area (Å²) in [4.78, 5) is 2.53. The van der Waals surface area contributed by atoms with Crippen LogP contribution in [-0.4, -0.2) is 50.8 Å². The first-order valence-corrected chi connectivity index (χ1v) is 6.40. The van der Waals surface area contributed by atoms with Crippen molar-refractivity contribution in [1.29, 1.82) is 0 Å². The van der Waals surface area contributed by atoms with Gasteiger partial charge in [-0.1, -0.05) is 30.3 Å². The van der Waals surface area contributed by atoms with Crippen LogP contribution in [0, 0.1) is 0 Å². The maximum atomic E-state index is 5.54. The Morgan fingerprint density at radius 3 is 2.94 bits per heavy atom. The molecule has 0 amide bonds. The summed E-state index contributed by atoms with van der Waals surface area (Å²) in [7, 11) is 2.00. The van der Waals surface area contributed by atoms with Gasteiger partial charge in [-0.25, -0.2) is 0 Å². The quantitative estimate of drug-likeness (QED) is 0.827. The highest BCUT2D eigenvalue weighted by Crippen LogP contribution is 2.08. The van der Waals surface area contributed by atoms with E-state index >= 15 is 0 Å². The first-order chi connectivity index (χ1) is 8.40. The minimum atomic E-state index is 0.525. The van der Waals surface area contributed by atoms with Crippen molar-refractivity contribution in [2.24, 2.45) is 0 Å². The van der Waals surface area contributed by atoms with E-state index in [1.54, 1.807) is 0 Å². The zero-order valence-corrected chi connectivity index (χ0v) is 10.6. The van der Waals surface area contributed by atoms with Crippen molar-refractivity contribution >= 4 is 0 Å². The second-order valence-electron chi connectivity index (χ2n) is 4.56. The Bertz CT molecular complexity index is 313. The fourth-order valence-corrected chi connectivity index (χ4v) is 2.32. The SMILES string of the molecule is CNCC1COCCN1CCc1ccccc1. The summed E-state index contributed by atoms with van der Waals surface area (Å²) in [6, 6.07) is 11.2. The van der Waals surface area contributed by atoms with E-state index in [1.165, 1.54) is 5.56 Å². The van der Waals surface area contributed by atoms with Gasteiger partial charge < -0.3 is 10.1 Å². The molecule has 0 aliphatic carbocycles. The van der Waals surface area contributed by atoms with Crippen molar-refractivity contribution in [2.45, 2.75) is 12.5 Å². The Morgan fingerprint density at radius 1 is 1.35 bits per heavy atom. The second-order valence-corrected chi connectivity index (χ2v) is 4.56. The van der Waals surface area contributed by atoms with E-state index in [1.807, 2.05) is 7.05 Å². The Morgan fingerprint density at radius 2 is 2.18 bits per heavy atom. The van der Waals surface area contributed by atoms with Crippen LogP contribution >= 0.6 is 0 Å². The molecule has 0 bridgehead atoms. The third-order valence-electron chi connectivity index (χ3n) is 3.32. The zero-order chi connectivity index (χ0) is 11.9. The fraction of sp³-hybridized carbons (Fsp3) is 0.571. The zero-order valence-electron chi connectivity index (χ0n) is 10.6. The second kappa shape index (κ2) is 6.74. The molecular weight excluding hydrogens is 212 g/mol. The van der Waals surface area contributed by atoms with Crippen molar-refractivity contribution in [3.8, 4) is 0 Å². The molecule has 1 aliphatic rings. The van der Waals surface area contributed by atoms with Gasteiger partial charge in [0.15, 0.2) is 0 Å². The number of likely N-dealkylation sites (N-methyl/N-ethyl adjacent to an activating group) is 1. The molecule has 1 atom stereocenters. The van der Waals surface area contributed by atoms with Crippen LogP contribution in [0.4, 0.5) is 0 Å². The van der Waals surface area contributed by atoms with Crippen molar-refractivity contribution in [2.75, 3.05) is 39.9 Å². The number of rotatable bonds is 5. The molecule has 0 saturated carbocycles. The number of nitrogens with zero attached hydrogens (tertiary/aromatic N) is 1. The van der Waals surface area contributed by atoms with Crippen LogP contribution < -0.4 is 5.32 Å². The summed E-state index contributed by atoms with van der Waals surface area (Å²) in [5, 5.41) is 3.24. The third-order valence-corrected chi connectivity index (χ3v) is 3.32. The molecule has 1 aromatic rings. The average Bonchev–Trinajstić information content (AvgIpc) is 2.39. The van der Waals surface area contributed by atoms with Crippen LogP contribution in [0.1, 0.15) is 5.56 Å². The Kier molecular flexibility index (Phi) is 4.98. The minimum absolute atomic E-state index is 0.525. The molecule has 1 aliphatic heterocycles. The Balaban J connectivity index is 1.84. The predicted molar refractivity (Wildman–Crippen MR) is 70.3 cm³/mol. The standard InChI is InChI=1S/C14H22N2O/c1-15-11-14-12-17-10-9-16(14)8-7-13-5-3-2-4-6-13/h2-6,14-15H,7-12H2,1H3. The molecule has 3 heteroatoms. The molecule has 0 radical (unpaired) electrons. The van der Waals surface area contributed by atoms with Gasteiger partial charge in [0.05, 0.1) is 13.2 Å². The lowest BCUT2D eigenvalue weighted by Gasteiger charge is -2.35. The molecule has 0 aromatic heterocycles. The lowest BCUT2D eigenvalue weighted by molar-refractivity contribution is -0.00556. The van der Waals surface area contributed by atoms with Crippen LogP contribution in [0.25, 0.3) is 0 Å². The summed E-state index contributed by atoms with van der Waals surface area (Å²) in [5.41, 5.74) is 1.42. The van der Waals surface area contributed by atoms with E-state index in [-0.39, 0.29) is 0 Å². The van der Waals surface area contributed by atoms with E-state index in [0.717, 1.165) is 39.3 Å². The largest absolute Gasteiger partial charge is 0.378 e. The summed E-state index contributed by atoms with van der Waals surface area (Å²) >= 11 is 0. The van der Waals surface area contributed by atoms with Crippen LogP contribution in [-0.2, 0) is 11.2 Å². The van der Waals surface area contributed by atoms with Crippen molar-refractivity contribution in [3.05, 3.63) is 35.9 Å². The molecule has 17 heavy (non-hydrogen) atoms. The van der Waals surface area contributed by atoms with Crippen LogP contribution in [0.2, 0.25) is 0 Å². The molecule has 1 heterocycles. The van der Waals surface area contributed by atoms with Gasteiger partial charge in [0.25, 0.3) is 0 Å². The first kappa shape index (κ1) is 12.6. The molecule has 1 aromatic carbocycles. The highest BCUT2D eigenvalue weighted by Gasteiger charge is 2.21. The molecule has 0 spiro atoms. The van der Waals surface area contributed by atoms with E-state index < -0.39 is 0 Å². The smallest absolute Gasteiger partial charge is 0.0634 e. The summed E-state index contributed by atoms with van der Waals surface area (Å²) in [5.74, 6) is 0. The molecule has 1 unspecified atom stereocenters. The number of hydrogen-bond donors (Lipinski definition) is 1. The minimum Gasteiger partial charge on any atom is -0.378 e. The topological polar surface area (TPSA) is 24.5 Å². The molecular formula is C14H22N2O. The average molecular weight is 234 g/mol. The first-order valence-electron chi connectivity index (χ1n) is 6.40. The number of hydrogen-bond acceptors (Lipinski definition) is 3. The maximum Gasteiger partial charge on any atom is 0.0634 e. The third kappa shape index (κ3) is 3.80. The Labute approximate surface area is 104 Å². The Hall–Kier alpha value is -0.900. The van der Waals surface area contributed by atoms with E-state index in [0.29, 0.717) is 6.04 Å². The lowest BCUT2D eigenvalue weighted by atomic mass is 10.1. The molecule has 1 fully saturated rings. The van der Waals surface area contributed by atoms with Gasteiger partial charge >= 0.3 is 0 Å². The highest BCUT2D eigenvalue weighted by atomic mass is 16.5. The lowest BCUT2D eigenvalue weighted by Crippen LogP contribution is -2.50. The normalized spacial score (nSPS) is 21.6. The number of morpholine rings is 1. The number of nitrogens with one attached hydrogen (secondary N) is 1. The van der Waals surface area contributed by atoms with Crippen molar-refractivity contribution in [1.82, 2.24) is 10.2 Å². The summed E-state index contributed by atoms with van der Waals surface area (Å²) in [6.07, 6.45) is 1.13. The van der Waals surface area contributed by atoms with Crippen LogP contribution in [0.3, 0.4) is 0 Å². The fourth-order valence-electron chi connectivity index (χ4n) is 2.32. The molecule has 1 N–H and O–H groups in total. The summed E-state index contributed by atoms with van der Waals surface area (Å²) in [6.45, 7) is 4.92. The summed E-state index contributed by atoms with van der Waals surface area (Å²) < 4.78 is 5.54. The van der Waals surface area contributed by atoms with Gasteiger partial charge in [0.1, 0.15) is 0 Å². The van der Waals surface area contributed by atoms with E-state index in [2.05, 4.69) is 40.5 Å². The van der Waals surface area contributed by atoms with Crippen molar-refractivity contribution < 1.29 is 4.74 Å². The van der Waals surface area contributed by atoms with E-state index in [9.17, 15) is 0 Å². The van der Waals surface area contributed by atoms with Crippen LogP contribution in [0.15, 0.2) is 30.3 Å². The van der Waals surface area contributed by atoms with Gasteiger partial charge in [0.2, 0.25) is 0 Å². The van der Waals surface area contributed by atoms with Crippen molar-refractivity contribution in [3.63, 3.8) is 0 Å². The molecule has 3 nitrogen and oxygen atoms in total. The van der Waals surface area contributed by atoms with Gasteiger partial charge in [-0.05, 0) is 19.0 Å². The molecule has 2 rings (SSSR count). The van der Waals surface area contributed by atoms with E-state index in [4.69, 9.17) is 4.74 Å². The number of benzene rings is 1. The highest BCUT2D eigenvalue weighted by molar-refractivity contribution is 5.14. The molecule has 1 saturated heterocycles. The van der Waals surface area contributed by atoms with Crippen LogP contribution in [0.5, 0.6) is 0 Å². The van der Waals surface area contributed by atoms with Gasteiger partial charge in [-0.3, -0.25) is 4.90 Å². The number of ether oxygens (including phenoxy) is 1.